The third kappa shape index (κ3) is 5.30. The Balaban J connectivity index is 2.72. The monoisotopic (exact) mass is 279 g/mol. The molecule has 1 amide bonds. The minimum atomic E-state index is -0.966. The second-order valence-corrected chi connectivity index (χ2v) is 4.64. The lowest BCUT2D eigenvalue weighted by Gasteiger charge is -2.19. The number of aryl methyl sites for hydroxylation is 1. The molecule has 0 aliphatic heterocycles. The number of unbranched alkanes of at least 4 members (excludes halogenated alkanes) is 1. The van der Waals surface area contributed by atoms with Crippen LogP contribution in [-0.4, -0.2) is 23.8 Å². The number of nitrogens with one attached hydrogen (secondary N) is 1. The maximum atomic E-state index is 11.7. The Morgan fingerprint density at radius 1 is 1.35 bits per heavy atom. The highest BCUT2D eigenvalue weighted by atomic mass is 16.5. The molecule has 1 aromatic rings. The van der Waals surface area contributed by atoms with Gasteiger partial charge in [-0.25, -0.2) is 4.79 Å². The predicted octanol–water partition coefficient (Wildman–Crippen LogP) is 3.04. The van der Waals surface area contributed by atoms with Crippen molar-refractivity contribution in [3.05, 3.63) is 35.4 Å². The summed E-state index contributed by atoms with van der Waals surface area (Å²) in [6.45, 7) is 4.23. The first-order valence-corrected chi connectivity index (χ1v) is 6.75. The zero-order chi connectivity index (χ0) is 15.0. The molecule has 110 valence electrons. The lowest BCUT2D eigenvalue weighted by atomic mass is 9.99. The molecule has 2 N–H and O–H groups in total. The van der Waals surface area contributed by atoms with Gasteiger partial charge in [0.05, 0.1) is 19.1 Å². The molecule has 0 radical (unpaired) electrons. The minimum absolute atomic E-state index is 0.173. The van der Waals surface area contributed by atoms with Crippen molar-refractivity contribution in [2.45, 2.75) is 39.2 Å². The van der Waals surface area contributed by atoms with Crippen LogP contribution < -0.4 is 5.32 Å². The molecule has 0 saturated heterocycles. The molecule has 1 atom stereocenters. The molecule has 0 aromatic heterocycles. The zero-order valence-corrected chi connectivity index (χ0v) is 11.9. The number of ether oxygens (including phenoxy) is 1. The number of carboxylic acid groups (broad SMARTS) is 1. The van der Waals surface area contributed by atoms with Gasteiger partial charge < -0.3 is 15.2 Å². The number of amides is 1. The van der Waals surface area contributed by atoms with Gasteiger partial charge in [-0.1, -0.05) is 37.6 Å². The number of aliphatic carboxylic acids is 1. The predicted molar refractivity (Wildman–Crippen MR) is 75.6 cm³/mol. The van der Waals surface area contributed by atoms with E-state index >= 15 is 0 Å². The van der Waals surface area contributed by atoms with Crippen molar-refractivity contribution in [1.29, 1.82) is 0 Å². The minimum Gasteiger partial charge on any atom is -0.481 e. The average Bonchev–Trinajstić information content (AvgIpc) is 2.38. The van der Waals surface area contributed by atoms with E-state index in [4.69, 9.17) is 9.84 Å². The van der Waals surface area contributed by atoms with Crippen LogP contribution in [0.15, 0.2) is 24.3 Å². The molecular weight excluding hydrogens is 258 g/mol. The van der Waals surface area contributed by atoms with Crippen LogP contribution in [0, 0.1) is 6.92 Å². The molecule has 0 saturated carbocycles. The van der Waals surface area contributed by atoms with Crippen LogP contribution in [0.3, 0.4) is 0 Å². The molecule has 20 heavy (non-hydrogen) atoms. The standard InChI is InChI=1S/C15H21NO4/c1-3-4-9-20-15(19)16-13(10-14(17)18)12-8-6-5-7-11(12)2/h5-8,13H,3-4,9-10H2,1-2H3,(H,16,19)(H,17,18). The van der Waals surface area contributed by atoms with Gasteiger partial charge in [0.1, 0.15) is 0 Å². The molecule has 0 heterocycles. The summed E-state index contributed by atoms with van der Waals surface area (Å²) in [6.07, 6.45) is 0.978. The molecule has 1 rings (SSSR count). The van der Waals surface area contributed by atoms with Crippen molar-refractivity contribution in [3.8, 4) is 0 Å². The summed E-state index contributed by atoms with van der Waals surface area (Å²) < 4.78 is 5.01. The van der Waals surface area contributed by atoms with Crippen molar-refractivity contribution in [3.63, 3.8) is 0 Å². The summed E-state index contributed by atoms with van der Waals surface area (Å²) in [5, 5.41) is 11.6. The SMILES string of the molecule is CCCCOC(=O)NC(CC(=O)O)c1ccccc1C. The quantitative estimate of drug-likeness (QED) is 0.752. The Morgan fingerprint density at radius 3 is 2.65 bits per heavy atom. The van der Waals surface area contributed by atoms with Crippen LogP contribution in [0.25, 0.3) is 0 Å². The van der Waals surface area contributed by atoms with E-state index in [0.29, 0.717) is 6.61 Å². The second kappa shape index (κ2) is 8.19. The summed E-state index contributed by atoms with van der Waals surface area (Å²) in [7, 11) is 0. The van der Waals surface area contributed by atoms with Crippen LogP contribution in [0.1, 0.15) is 43.4 Å². The highest BCUT2D eigenvalue weighted by Crippen LogP contribution is 2.20. The molecular formula is C15H21NO4. The van der Waals surface area contributed by atoms with Crippen LogP contribution in [-0.2, 0) is 9.53 Å². The van der Waals surface area contributed by atoms with Crippen molar-refractivity contribution >= 4 is 12.1 Å². The van der Waals surface area contributed by atoms with E-state index in [1.807, 2.05) is 38.1 Å². The average molecular weight is 279 g/mol. The number of hydrogen-bond acceptors (Lipinski definition) is 3. The fourth-order valence-corrected chi connectivity index (χ4v) is 1.88. The molecule has 1 unspecified atom stereocenters. The Labute approximate surface area is 118 Å². The fourth-order valence-electron chi connectivity index (χ4n) is 1.88. The van der Waals surface area contributed by atoms with Gasteiger partial charge >= 0.3 is 12.1 Å². The summed E-state index contributed by atoms with van der Waals surface area (Å²) >= 11 is 0. The van der Waals surface area contributed by atoms with Gasteiger partial charge in [0, 0.05) is 0 Å². The summed E-state index contributed by atoms with van der Waals surface area (Å²) in [5.74, 6) is -0.966. The maximum Gasteiger partial charge on any atom is 0.407 e. The van der Waals surface area contributed by atoms with Gasteiger partial charge in [-0.05, 0) is 24.5 Å². The topological polar surface area (TPSA) is 75.6 Å². The van der Waals surface area contributed by atoms with E-state index < -0.39 is 18.1 Å². The number of rotatable bonds is 7. The third-order valence-electron chi connectivity index (χ3n) is 2.97. The summed E-state index contributed by atoms with van der Waals surface area (Å²) in [5.41, 5.74) is 1.73. The normalized spacial score (nSPS) is 11.7. The highest BCUT2D eigenvalue weighted by Gasteiger charge is 2.20. The van der Waals surface area contributed by atoms with E-state index in [2.05, 4.69) is 5.32 Å². The number of carbonyl (C=O) groups is 2. The van der Waals surface area contributed by atoms with Crippen molar-refractivity contribution in [1.82, 2.24) is 5.32 Å². The molecule has 0 spiro atoms. The number of benzene rings is 1. The van der Waals surface area contributed by atoms with Gasteiger partial charge in [-0.15, -0.1) is 0 Å². The van der Waals surface area contributed by atoms with Gasteiger partial charge in [-0.3, -0.25) is 4.79 Å². The van der Waals surface area contributed by atoms with E-state index in [-0.39, 0.29) is 6.42 Å². The Morgan fingerprint density at radius 2 is 2.05 bits per heavy atom. The third-order valence-corrected chi connectivity index (χ3v) is 2.97. The van der Waals surface area contributed by atoms with Crippen LogP contribution in [0.5, 0.6) is 0 Å². The number of hydrogen-bond donors (Lipinski definition) is 2. The Hall–Kier alpha value is -2.04. The molecule has 0 bridgehead atoms. The van der Waals surface area contributed by atoms with Crippen LogP contribution in [0.4, 0.5) is 4.79 Å². The van der Waals surface area contributed by atoms with Gasteiger partial charge in [0.25, 0.3) is 0 Å². The summed E-state index contributed by atoms with van der Waals surface area (Å²) in [4.78, 5) is 22.6. The molecule has 0 fully saturated rings. The van der Waals surface area contributed by atoms with Crippen LogP contribution in [0.2, 0.25) is 0 Å². The first kappa shape index (κ1) is 16.0. The summed E-state index contributed by atoms with van der Waals surface area (Å²) in [6, 6.07) is 6.81. The van der Waals surface area contributed by atoms with E-state index in [1.165, 1.54) is 0 Å². The molecule has 1 aromatic carbocycles. The van der Waals surface area contributed by atoms with Gasteiger partial charge in [0.15, 0.2) is 0 Å². The fraction of sp³-hybridized carbons (Fsp3) is 0.467. The number of alkyl carbamates (subject to hydrolysis) is 1. The van der Waals surface area contributed by atoms with E-state index in [1.54, 1.807) is 0 Å². The molecule has 0 aliphatic carbocycles. The first-order valence-electron chi connectivity index (χ1n) is 6.75. The first-order chi connectivity index (χ1) is 9.54. The smallest absolute Gasteiger partial charge is 0.407 e. The zero-order valence-electron chi connectivity index (χ0n) is 11.9. The Bertz CT molecular complexity index is 459. The Kier molecular flexibility index (Phi) is 6.56. The van der Waals surface area contributed by atoms with E-state index in [0.717, 1.165) is 24.0 Å². The van der Waals surface area contributed by atoms with Crippen molar-refractivity contribution in [2.24, 2.45) is 0 Å². The van der Waals surface area contributed by atoms with E-state index in [9.17, 15) is 9.59 Å². The number of carbonyl (C=O) groups excluding carboxylic acids is 1. The molecule has 5 heteroatoms. The largest absolute Gasteiger partial charge is 0.481 e. The molecule has 0 aliphatic rings. The lowest BCUT2D eigenvalue weighted by molar-refractivity contribution is -0.137. The highest BCUT2D eigenvalue weighted by molar-refractivity contribution is 5.72. The maximum absolute atomic E-state index is 11.7. The van der Waals surface area contributed by atoms with Crippen LogP contribution >= 0.6 is 0 Å². The van der Waals surface area contributed by atoms with Gasteiger partial charge in [0.2, 0.25) is 0 Å². The van der Waals surface area contributed by atoms with Crippen molar-refractivity contribution in [2.75, 3.05) is 6.61 Å². The molecule has 5 nitrogen and oxygen atoms in total. The van der Waals surface area contributed by atoms with Crippen molar-refractivity contribution < 1.29 is 19.4 Å². The lowest BCUT2D eigenvalue weighted by Crippen LogP contribution is -2.31. The second-order valence-electron chi connectivity index (χ2n) is 4.64. The van der Waals surface area contributed by atoms with Gasteiger partial charge in [-0.2, -0.15) is 0 Å². The number of carboxylic acids is 1.